The standard InChI is InChI=1S/C14H16Cl2FN3/c1-3-11-14(16)13(20(4-2)19-11)8-18-12-6-5-9(17)7-10(12)15/h5-7,18H,3-4,8H2,1-2H3. The predicted octanol–water partition coefficient (Wildman–Crippen LogP) is 4.52. The highest BCUT2D eigenvalue weighted by molar-refractivity contribution is 6.33. The average molecular weight is 316 g/mol. The summed E-state index contributed by atoms with van der Waals surface area (Å²) >= 11 is 12.3. The number of rotatable bonds is 5. The van der Waals surface area contributed by atoms with Gasteiger partial charge in [-0.2, -0.15) is 5.10 Å². The minimum atomic E-state index is -0.356. The number of halogens is 3. The van der Waals surface area contributed by atoms with E-state index in [0.717, 1.165) is 24.4 Å². The number of aromatic nitrogens is 2. The summed E-state index contributed by atoms with van der Waals surface area (Å²) in [6.45, 7) is 5.26. The van der Waals surface area contributed by atoms with Gasteiger partial charge in [-0.15, -0.1) is 0 Å². The summed E-state index contributed by atoms with van der Waals surface area (Å²) < 4.78 is 14.9. The van der Waals surface area contributed by atoms with E-state index in [-0.39, 0.29) is 5.82 Å². The van der Waals surface area contributed by atoms with Gasteiger partial charge >= 0.3 is 0 Å². The van der Waals surface area contributed by atoms with E-state index in [2.05, 4.69) is 10.4 Å². The second kappa shape index (κ2) is 6.46. The van der Waals surface area contributed by atoms with Crippen molar-refractivity contribution >= 4 is 28.9 Å². The van der Waals surface area contributed by atoms with E-state index in [1.807, 2.05) is 18.5 Å². The maximum atomic E-state index is 13.0. The molecule has 0 fully saturated rings. The van der Waals surface area contributed by atoms with Crippen LogP contribution in [0.2, 0.25) is 10.0 Å². The summed E-state index contributed by atoms with van der Waals surface area (Å²) in [7, 11) is 0. The van der Waals surface area contributed by atoms with Gasteiger partial charge < -0.3 is 5.32 Å². The Kier molecular flexibility index (Phi) is 4.89. The minimum Gasteiger partial charge on any atom is -0.378 e. The van der Waals surface area contributed by atoms with E-state index in [1.54, 1.807) is 6.07 Å². The molecule has 20 heavy (non-hydrogen) atoms. The van der Waals surface area contributed by atoms with Crippen LogP contribution in [0.3, 0.4) is 0 Å². The van der Waals surface area contributed by atoms with Crippen molar-refractivity contribution in [1.82, 2.24) is 9.78 Å². The lowest BCUT2D eigenvalue weighted by atomic mass is 10.2. The summed E-state index contributed by atoms with van der Waals surface area (Å²) in [5.41, 5.74) is 2.47. The van der Waals surface area contributed by atoms with E-state index >= 15 is 0 Å². The average Bonchev–Trinajstić information content (AvgIpc) is 2.74. The number of nitrogens with zero attached hydrogens (tertiary/aromatic N) is 2. The molecule has 0 aliphatic carbocycles. The van der Waals surface area contributed by atoms with Crippen molar-refractivity contribution in [3.05, 3.63) is 45.4 Å². The Bertz CT molecular complexity index is 611. The smallest absolute Gasteiger partial charge is 0.124 e. The van der Waals surface area contributed by atoms with Gasteiger partial charge in [0, 0.05) is 6.54 Å². The lowest BCUT2D eigenvalue weighted by Gasteiger charge is -2.10. The van der Waals surface area contributed by atoms with Crippen LogP contribution in [0, 0.1) is 5.82 Å². The molecule has 0 aliphatic heterocycles. The van der Waals surface area contributed by atoms with Gasteiger partial charge in [-0.25, -0.2) is 4.39 Å². The number of anilines is 1. The van der Waals surface area contributed by atoms with Crippen LogP contribution in [-0.2, 0) is 19.5 Å². The molecule has 0 saturated heterocycles. The second-order valence-corrected chi connectivity index (χ2v) is 5.14. The van der Waals surface area contributed by atoms with E-state index < -0.39 is 0 Å². The summed E-state index contributed by atoms with van der Waals surface area (Å²) in [4.78, 5) is 0. The lowest BCUT2D eigenvalue weighted by Crippen LogP contribution is -2.08. The molecule has 1 heterocycles. The van der Waals surface area contributed by atoms with Crippen LogP contribution in [0.15, 0.2) is 18.2 Å². The lowest BCUT2D eigenvalue weighted by molar-refractivity contribution is 0.619. The van der Waals surface area contributed by atoms with Crippen molar-refractivity contribution in [2.24, 2.45) is 0 Å². The zero-order valence-corrected chi connectivity index (χ0v) is 12.9. The number of hydrogen-bond acceptors (Lipinski definition) is 2. The van der Waals surface area contributed by atoms with Crippen molar-refractivity contribution in [2.75, 3.05) is 5.32 Å². The van der Waals surface area contributed by atoms with Crippen LogP contribution in [0.25, 0.3) is 0 Å². The van der Waals surface area contributed by atoms with Crippen LogP contribution in [0.4, 0.5) is 10.1 Å². The van der Waals surface area contributed by atoms with Crippen LogP contribution in [0.1, 0.15) is 25.2 Å². The third-order valence-corrected chi connectivity index (χ3v) is 3.82. The Labute approximate surface area is 127 Å². The molecule has 1 N–H and O–H groups in total. The Morgan fingerprint density at radius 1 is 1.30 bits per heavy atom. The van der Waals surface area contributed by atoms with E-state index in [4.69, 9.17) is 23.2 Å². The summed E-state index contributed by atoms with van der Waals surface area (Å²) in [6.07, 6.45) is 0.788. The highest BCUT2D eigenvalue weighted by Gasteiger charge is 2.14. The van der Waals surface area contributed by atoms with Gasteiger partial charge in [-0.05, 0) is 31.5 Å². The fourth-order valence-electron chi connectivity index (χ4n) is 2.00. The van der Waals surface area contributed by atoms with E-state index in [1.165, 1.54) is 12.1 Å². The Balaban J connectivity index is 2.20. The van der Waals surface area contributed by atoms with Crippen LogP contribution >= 0.6 is 23.2 Å². The van der Waals surface area contributed by atoms with Gasteiger partial charge in [0.05, 0.1) is 33.7 Å². The fraction of sp³-hybridized carbons (Fsp3) is 0.357. The molecule has 0 radical (unpaired) electrons. The van der Waals surface area contributed by atoms with Gasteiger partial charge in [-0.1, -0.05) is 30.1 Å². The monoisotopic (exact) mass is 315 g/mol. The first-order chi connectivity index (χ1) is 9.56. The molecule has 0 spiro atoms. The molecule has 1 aromatic carbocycles. The Hall–Kier alpha value is -1.26. The van der Waals surface area contributed by atoms with Gasteiger partial charge in [0.25, 0.3) is 0 Å². The minimum absolute atomic E-state index is 0.347. The third kappa shape index (κ3) is 3.07. The maximum Gasteiger partial charge on any atom is 0.124 e. The Morgan fingerprint density at radius 2 is 2.05 bits per heavy atom. The largest absolute Gasteiger partial charge is 0.378 e. The van der Waals surface area contributed by atoms with Gasteiger partial charge in [0.1, 0.15) is 5.82 Å². The quantitative estimate of drug-likeness (QED) is 0.879. The molecule has 2 rings (SSSR count). The first-order valence-corrected chi connectivity index (χ1v) is 7.25. The highest BCUT2D eigenvalue weighted by atomic mass is 35.5. The molecule has 6 heteroatoms. The van der Waals surface area contributed by atoms with Gasteiger partial charge in [0.2, 0.25) is 0 Å². The van der Waals surface area contributed by atoms with Crippen molar-refractivity contribution in [1.29, 1.82) is 0 Å². The fourth-order valence-corrected chi connectivity index (χ4v) is 2.57. The molecule has 0 unspecified atom stereocenters. The van der Waals surface area contributed by atoms with Gasteiger partial charge in [-0.3, -0.25) is 4.68 Å². The molecule has 0 saturated carbocycles. The van der Waals surface area contributed by atoms with Crippen molar-refractivity contribution < 1.29 is 4.39 Å². The first-order valence-electron chi connectivity index (χ1n) is 6.49. The number of aryl methyl sites for hydroxylation is 2. The van der Waals surface area contributed by atoms with Crippen molar-refractivity contribution in [3.8, 4) is 0 Å². The SMILES string of the molecule is CCc1nn(CC)c(CNc2ccc(F)cc2Cl)c1Cl. The van der Waals surface area contributed by atoms with E-state index in [0.29, 0.717) is 22.3 Å². The van der Waals surface area contributed by atoms with Crippen molar-refractivity contribution in [3.63, 3.8) is 0 Å². The number of benzene rings is 1. The second-order valence-electron chi connectivity index (χ2n) is 4.35. The summed E-state index contributed by atoms with van der Waals surface area (Å²) in [6, 6.07) is 4.25. The summed E-state index contributed by atoms with van der Waals surface area (Å²) in [5, 5.41) is 8.64. The van der Waals surface area contributed by atoms with Crippen LogP contribution in [0.5, 0.6) is 0 Å². The summed E-state index contributed by atoms with van der Waals surface area (Å²) in [5.74, 6) is -0.356. The molecule has 3 nitrogen and oxygen atoms in total. The highest BCUT2D eigenvalue weighted by Crippen LogP contribution is 2.26. The van der Waals surface area contributed by atoms with Crippen molar-refractivity contribution in [2.45, 2.75) is 33.4 Å². The number of hydrogen-bond donors (Lipinski definition) is 1. The zero-order chi connectivity index (χ0) is 14.7. The van der Waals surface area contributed by atoms with E-state index in [9.17, 15) is 4.39 Å². The van der Waals surface area contributed by atoms with Crippen LogP contribution < -0.4 is 5.32 Å². The molecule has 0 aliphatic rings. The molecule has 0 atom stereocenters. The molecule has 0 amide bonds. The molecule has 0 bridgehead atoms. The zero-order valence-electron chi connectivity index (χ0n) is 11.4. The van der Waals surface area contributed by atoms with Gasteiger partial charge in [0.15, 0.2) is 0 Å². The molecule has 2 aromatic rings. The first kappa shape index (κ1) is 15.1. The number of nitrogens with one attached hydrogen (secondary N) is 1. The van der Waals surface area contributed by atoms with Crippen LogP contribution in [-0.4, -0.2) is 9.78 Å². The molecule has 1 aromatic heterocycles. The third-order valence-electron chi connectivity index (χ3n) is 3.07. The predicted molar refractivity (Wildman–Crippen MR) is 81.0 cm³/mol. The Morgan fingerprint density at radius 3 is 2.65 bits per heavy atom. The normalized spacial score (nSPS) is 10.8. The molecular formula is C14H16Cl2FN3. The molecular weight excluding hydrogens is 300 g/mol. The topological polar surface area (TPSA) is 29.9 Å². The molecule has 108 valence electrons. The maximum absolute atomic E-state index is 13.0.